The predicted molar refractivity (Wildman–Crippen MR) is 129 cm³/mol. The second-order valence-electron chi connectivity index (χ2n) is 7.46. The Morgan fingerprint density at radius 3 is 2.53 bits per heavy atom. The normalized spacial score (nSPS) is 17.1. The van der Waals surface area contributed by atoms with E-state index in [4.69, 9.17) is 14.1 Å². The fourth-order valence-corrected chi connectivity index (χ4v) is 3.30. The van der Waals surface area contributed by atoms with Crippen LogP contribution in [0.2, 0.25) is 0 Å². The second-order valence-corrected chi connectivity index (χ2v) is 7.46. The van der Waals surface area contributed by atoms with E-state index < -0.39 is 5.60 Å². The third-order valence-electron chi connectivity index (χ3n) is 5.02. The van der Waals surface area contributed by atoms with Gasteiger partial charge in [-0.3, -0.25) is 4.90 Å². The van der Waals surface area contributed by atoms with Gasteiger partial charge in [0, 0.05) is 26.2 Å². The maximum atomic E-state index is 10.6. The Bertz CT molecular complexity index is 774. The summed E-state index contributed by atoms with van der Waals surface area (Å²) in [4.78, 5) is 7.14. The SMILES string of the molecule is CCNC(=NCc1ccccc1CN1CCOCC1)NCC(C)(O)c1ccco1.I. The lowest BCUT2D eigenvalue weighted by atomic mass is 10.0. The molecule has 0 spiro atoms. The number of rotatable bonds is 8. The van der Waals surface area contributed by atoms with Crippen LogP contribution < -0.4 is 10.6 Å². The maximum absolute atomic E-state index is 10.6. The highest BCUT2D eigenvalue weighted by molar-refractivity contribution is 14.0. The van der Waals surface area contributed by atoms with Crippen molar-refractivity contribution < 1.29 is 14.3 Å². The van der Waals surface area contributed by atoms with Gasteiger partial charge >= 0.3 is 0 Å². The number of benzene rings is 1. The molecule has 0 aliphatic carbocycles. The molecule has 8 heteroatoms. The number of nitrogens with one attached hydrogen (secondary N) is 2. The van der Waals surface area contributed by atoms with Crippen molar-refractivity contribution in [2.45, 2.75) is 32.5 Å². The Morgan fingerprint density at radius 2 is 1.87 bits per heavy atom. The van der Waals surface area contributed by atoms with E-state index in [-0.39, 0.29) is 24.0 Å². The topological polar surface area (TPSA) is 82.3 Å². The summed E-state index contributed by atoms with van der Waals surface area (Å²) in [5, 5.41) is 17.1. The molecule has 0 saturated carbocycles. The van der Waals surface area contributed by atoms with E-state index in [0.29, 0.717) is 24.8 Å². The number of hydrogen-bond acceptors (Lipinski definition) is 5. The lowest BCUT2D eigenvalue weighted by Gasteiger charge is -2.27. The first kappa shape index (κ1) is 24.6. The number of morpholine rings is 1. The van der Waals surface area contributed by atoms with Gasteiger partial charge in [-0.1, -0.05) is 24.3 Å². The van der Waals surface area contributed by atoms with Gasteiger partial charge < -0.3 is 24.9 Å². The van der Waals surface area contributed by atoms with Gasteiger partial charge in [0.05, 0.1) is 32.6 Å². The van der Waals surface area contributed by atoms with E-state index in [0.717, 1.165) is 39.4 Å². The summed E-state index contributed by atoms with van der Waals surface area (Å²) >= 11 is 0. The molecule has 7 nitrogen and oxygen atoms in total. The smallest absolute Gasteiger partial charge is 0.191 e. The molecule has 30 heavy (non-hydrogen) atoms. The minimum absolute atomic E-state index is 0. The van der Waals surface area contributed by atoms with Crippen LogP contribution in [0.5, 0.6) is 0 Å². The van der Waals surface area contributed by atoms with Crippen molar-refractivity contribution in [3.05, 3.63) is 59.5 Å². The molecular formula is C22H33IN4O3. The molecule has 3 N–H and O–H groups in total. The largest absolute Gasteiger partial charge is 0.466 e. The molecule has 1 aromatic heterocycles. The standard InChI is InChI=1S/C22H32N4O3.HI/c1-3-23-21(25-17-22(2,27)20-9-6-12-29-20)24-15-18-7-4-5-8-19(18)16-26-10-13-28-14-11-26;/h4-9,12,27H,3,10-11,13-17H2,1-2H3,(H2,23,24,25);1H. The van der Waals surface area contributed by atoms with E-state index in [2.05, 4.69) is 39.8 Å². The molecule has 0 radical (unpaired) electrons. The summed E-state index contributed by atoms with van der Waals surface area (Å²) in [5.74, 6) is 1.19. The molecule has 0 bridgehead atoms. The van der Waals surface area contributed by atoms with E-state index in [1.54, 1.807) is 25.3 Å². The van der Waals surface area contributed by atoms with Crippen molar-refractivity contribution in [2.24, 2.45) is 4.99 Å². The molecule has 1 saturated heterocycles. The maximum Gasteiger partial charge on any atom is 0.191 e. The van der Waals surface area contributed by atoms with Crippen LogP contribution in [0.25, 0.3) is 0 Å². The summed E-state index contributed by atoms with van der Waals surface area (Å²) in [6.07, 6.45) is 1.56. The number of aliphatic hydroxyl groups is 1. The first-order chi connectivity index (χ1) is 14.1. The second kappa shape index (κ2) is 12.3. The van der Waals surface area contributed by atoms with E-state index >= 15 is 0 Å². The molecule has 0 amide bonds. The lowest BCUT2D eigenvalue weighted by molar-refractivity contribution is 0.0341. The fraction of sp³-hybridized carbons (Fsp3) is 0.500. The van der Waals surface area contributed by atoms with Crippen LogP contribution in [-0.2, 0) is 23.4 Å². The molecule has 2 heterocycles. The van der Waals surface area contributed by atoms with Gasteiger partial charge in [-0.15, -0.1) is 24.0 Å². The molecule has 1 fully saturated rings. The van der Waals surface area contributed by atoms with Gasteiger partial charge in [0.1, 0.15) is 11.4 Å². The summed E-state index contributed by atoms with van der Waals surface area (Å²) < 4.78 is 10.8. The Kier molecular flexibility index (Phi) is 10.1. The summed E-state index contributed by atoms with van der Waals surface area (Å²) in [6.45, 7) is 9.77. The minimum Gasteiger partial charge on any atom is -0.466 e. The molecule has 3 rings (SSSR count). The summed E-state index contributed by atoms with van der Waals surface area (Å²) in [5.41, 5.74) is 1.37. The minimum atomic E-state index is -1.12. The number of nitrogens with zero attached hydrogens (tertiary/aromatic N) is 2. The van der Waals surface area contributed by atoms with Crippen molar-refractivity contribution in [3.63, 3.8) is 0 Å². The van der Waals surface area contributed by atoms with Gasteiger partial charge in [-0.2, -0.15) is 0 Å². The highest BCUT2D eigenvalue weighted by Gasteiger charge is 2.26. The molecular weight excluding hydrogens is 495 g/mol. The van der Waals surface area contributed by atoms with E-state index in [1.807, 2.05) is 6.92 Å². The molecule has 1 unspecified atom stereocenters. The Hall–Kier alpha value is -1.62. The number of furan rings is 1. The highest BCUT2D eigenvalue weighted by atomic mass is 127. The quantitative estimate of drug-likeness (QED) is 0.278. The number of guanidine groups is 1. The molecule has 1 aliphatic rings. The van der Waals surface area contributed by atoms with Crippen molar-refractivity contribution in [1.29, 1.82) is 0 Å². The van der Waals surface area contributed by atoms with Gasteiger partial charge in [0.25, 0.3) is 0 Å². The predicted octanol–water partition coefficient (Wildman–Crippen LogP) is 2.69. The zero-order valence-corrected chi connectivity index (χ0v) is 20.1. The zero-order valence-electron chi connectivity index (χ0n) is 17.8. The third-order valence-corrected chi connectivity index (χ3v) is 5.02. The number of hydrogen-bond donors (Lipinski definition) is 3. The third kappa shape index (κ3) is 7.26. The first-order valence-corrected chi connectivity index (χ1v) is 10.2. The first-order valence-electron chi connectivity index (χ1n) is 10.2. The molecule has 1 aliphatic heterocycles. The fourth-order valence-electron chi connectivity index (χ4n) is 3.30. The molecule has 1 atom stereocenters. The zero-order chi connectivity index (χ0) is 20.5. The lowest BCUT2D eigenvalue weighted by Crippen LogP contribution is -2.44. The van der Waals surface area contributed by atoms with Crippen LogP contribution in [-0.4, -0.2) is 55.4 Å². The average Bonchev–Trinajstić information content (AvgIpc) is 3.28. The monoisotopic (exact) mass is 528 g/mol. The van der Waals surface area contributed by atoms with E-state index in [9.17, 15) is 5.11 Å². The van der Waals surface area contributed by atoms with Crippen LogP contribution in [0.1, 0.15) is 30.7 Å². The van der Waals surface area contributed by atoms with Crippen molar-refractivity contribution >= 4 is 29.9 Å². The van der Waals surface area contributed by atoms with E-state index in [1.165, 1.54) is 11.1 Å². The molecule has 2 aromatic rings. The van der Waals surface area contributed by atoms with Gasteiger partial charge in [-0.05, 0) is 37.1 Å². The van der Waals surface area contributed by atoms with Crippen molar-refractivity contribution in [1.82, 2.24) is 15.5 Å². The van der Waals surface area contributed by atoms with Crippen LogP contribution >= 0.6 is 24.0 Å². The molecule has 1 aromatic carbocycles. The van der Waals surface area contributed by atoms with Crippen molar-refractivity contribution in [3.8, 4) is 0 Å². The summed E-state index contributed by atoms with van der Waals surface area (Å²) in [7, 11) is 0. The van der Waals surface area contributed by atoms with Gasteiger partial charge in [0.2, 0.25) is 0 Å². The van der Waals surface area contributed by atoms with Crippen LogP contribution in [0.15, 0.2) is 52.1 Å². The number of halogens is 1. The Morgan fingerprint density at radius 1 is 1.13 bits per heavy atom. The van der Waals surface area contributed by atoms with Crippen LogP contribution in [0.4, 0.5) is 0 Å². The highest BCUT2D eigenvalue weighted by Crippen LogP contribution is 2.19. The number of aliphatic imine (C=N–C) groups is 1. The van der Waals surface area contributed by atoms with Crippen LogP contribution in [0, 0.1) is 0 Å². The Balaban J connectivity index is 0.00000320. The Labute approximate surface area is 195 Å². The van der Waals surface area contributed by atoms with Crippen molar-refractivity contribution in [2.75, 3.05) is 39.4 Å². The summed E-state index contributed by atoms with van der Waals surface area (Å²) in [6, 6.07) is 12.0. The number of ether oxygens (including phenoxy) is 1. The van der Waals surface area contributed by atoms with Gasteiger partial charge in [-0.25, -0.2) is 4.99 Å². The average molecular weight is 528 g/mol. The molecule has 166 valence electrons. The van der Waals surface area contributed by atoms with Gasteiger partial charge in [0.15, 0.2) is 5.96 Å². The van der Waals surface area contributed by atoms with Crippen LogP contribution in [0.3, 0.4) is 0 Å².